The van der Waals surface area contributed by atoms with Crippen molar-refractivity contribution in [3.8, 4) is 11.5 Å². The van der Waals surface area contributed by atoms with Crippen LogP contribution in [0.3, 0.4) is 0 Å². The Balaban J connectivity index is 1.66. The fraction of sp³-hybridized carbons (Fsp3) is 0.188. The van der Waals surface area contributed by atoms with Gasteiger partial charge in [-0.15, -0.1) is 0 Å². The zero-order valence-electron chi connectivity index (χ0n) is 10.4. The highest BCUT2D eigenvalue weighted by molar-refractivity contribution is 5.45. The number of para-hydroxylation sites is 2. The van der Waals surface area contributed by atoms with Crippen LogP contribution in [-0.2, 0) is 6.42 Å². The second-order valence-electron chi connectivity index (χ2n) is 4.81. The molecule has 95 valence electrons. The van der Waals surface area contributed by atoms with Crippen molar-refractivity contribution in [3.05, 3.63) is 65.9 Å². The van der Waals surface area contributed by atoms with E-state index in [1.165, 1.54) is 11.1 Å². The highest BCUT2D eigenvalue weighted by Gasteiger charge is 2.37. The van der Waals surface area contributed by atoms with E-state index in [0.29, 0.717) is 6.29 Å². The van der Waals surface area contributed by atoms with Crippen LogP contribution in [0.1, 0.15) is 17.2 Å². The monoisotopic (exact) mass is 252 g/mol. The molecule has 1 radical (unpaired) electrons. The van der Waals surface area contributed by atoms with Crippen molar-refractivity contribution >= 4 is 0 Å². The van der Waals surface area contributed by atoms with E-state index < -0.39 is 0 Å². The van der Waals surface area contributed by atoms with Crippen molar-refractivity contribution in [2.24, 2.45) is 0 Å². The van der Waals surface area contributed by atoms with E-state index in [4.69, 9.17) is 9.47 Å². The van der Waals surface area contributed by atoms with Crippen LogP contribution in [-0.4, -0.2) is 6.54 Å². The molecule has 0 aromatic heterocycles. The molecular formula is C16H14NO2. The van der Waals surface area contributed by atoms with Gasteiger partial charge in [-0.3, -0.25) is 0 Å². The van der Waals surface area contributed by atoms with Crippen LogP contribution in [0.15, 0.2) is 48.5 Å². The number of rotatable bonds is 1. The van der Waals surface area contributed by atoms with Crippen LogP contribution < -0.4 is 14.8 Å². The zero-order chi connectivity index (χ0) is 12.7. The van der Waals surface area contributed by atoms with Gasteiger partial charge in [-0.05, 0) is 29.7 Å². The minimum Gasteiger partial charge on any atom is -0.440 e. The highest BCUT2D eigenvalue weighted by atomic mass is 16.7. The van der Waals surface area contributed by atoms with E-state index in [9.17, 15) is 0 Å². The van der Waals surface area contributed by atoms with Crippen molar-refractivity contribution in [1.82, 2.24) is 5.32 Å². The van der Waals surface area contributed by atoms with E-state index in [1.807, 2.05) is 24.3 Å². The minimum absolute atomic E-state index is 0.0114. The Morgan fingerprint density at radius 3 is 2.37 bits per heavy atom. The summed E-state index contributed by atoms with van der Waals surface area (Å²) in [6.07, 6.45) is 1.68. The van der Waals surface area contributed by atoms with E-state index >= 15 is 0 Å². The summed E-state index contributed by atoms with van der Waals surface area (Å²) in [5.41, 5.74) is 2.61. The Kier molecular flexibility index (Phi) is 2.45. The lowest BCUT2D eigenvalue weighted by molar-refractivity contribution is 0.128. The summed E-state index contributed by atoms with van der Waals surface area (Å²) in [5.74, 6) is 1.59. The average Bonchev–Trinajstić information content (AvgIpc) is 2.90. The molecule has 2 aliphatic heterocycles. The van der Waals surface area contributed by atoms with Crippen LogP contribution in [0.4, 0.5) is 0 Å². The second kappa shape index (κ2) is 4.28. The molecule has 0 saturated heterocycles. The summed E-state index contributed by atoms with van der Waals surface area (Å²) >= 11 is 0. The fourth-order valence-corrected chi connectivity index (χ4v) is 2.69. The molecular weight excluding hydrogens is 238 g/mol. The van der Waals surface area contributed by atoms with Crippen LogP contribution in [0.5, 0.6) is 11.5 Å². The maximum atomic E-state index is 5.84. The number of ether oxygens (including phenoxy) is 2. The molecule has 0 bridgehead atoms. The first-order chi connectivity index (χ1) is 9.42. The second-order valence-corrected chi connectivity index (χ2v) is 4.81. The molecule has 2 aliphatic rings. The molecule has 2 aromatic carbocycles. The van der Waals surface area contributed by atoms with E-state index in [1.54, 1.807) is 0 Å². The number of fused-ring (bicyclic) bond motifs is 2. The maximum Gasteiger partial charge on any atom is 0.352 e. The zero-order valence-corrected chi connectivity index (χ0v) is 10.4. The smallest absolute Gasteiger partial charge is 0.352 e. The van der Waals surface area contributed by atoms with Gasteiger partial charge in [0.1, 0.15) is 6.04 Å². The third-order valence-electron chi connectivity index (χ3n) is 3.61. The van der Waals surface area contributed by atoms with E-state index in [-0.39, 0.29) is 6.04 Å². The van der Waals surface area contributed by atoms with Gasteiger partial charge in [0.15, 0.2) is 11.5 Å². The molecule has 1 N–H and O–H groups in total. The summed E-state index contributed by atoms with van der Waals surface area (Å²) in [5, 5.41) is 3.47. The lowest BCUT2D eigenvalue weighted by Gasteiger charge is -2.28. The molecule has 4 rings (SSSR count). The summed E-state index contributed by atoms with van der Waals surface area (Å²) < 4.78 is 11.7. The third-order valence-corrected chi connectivity index (χ3v) is 3.61. The van der Waals surface area contributed by atoms with Gasteiger partial charge in [0.2, 0.25) is 0 Å². The van der Waals surface area contributed by atoms with Gasteiger partial charge in [-0.25, -0.2) is 0 Å². The van der Waals surface area contributed by atoms with E-state index in [0.717, 1.165) is 24.5 Å². The van der Waals surface area contributed by atoms with Gasteiger partial charge < -0.3 is 14.8 Å². The highest BCUT2D eigenvalue weighted by Crippen LogP contribution is 2.42. The number of nitrogens with one attached hydrogen (secondary N) is 1. The van der Waals surface area contributed by atoms with Crippen molar-refractivity contribution < 1.29 is 9.47 Å². The molecule has 0 fully saturated rings. The minimum atomic E-state index is 0.0114. The van der Waals surface area contributed by atoms with Crippen LogP contribution in [0, 0.1) is 6.29 Å². The van der Waals surface area contributed by atoms with Crippen molar-refractivity contribution in [1.29, 1.82) is 0 Å². The lowest BCUT2D eigenvalue weighted by atomic mass is 9.94. The molecule has 1 atom stereocenters. The molecule has 0 amide bonds. The SMILES string of the molecule is c1ccc2c(c1)CCNC2[C]1Oc2ccccc2O1. The van der Waals surface area contributed by atoms with E-state index in [2.05, 4.69) is 29.6 Å². The lowest BCUT2D eigenvalue weighted by Crippen LogP contribution is -2.36. The van der Waals surface area contributed by atoms with Crippen LogP contribution >= 0.6 is 0 Å². The number of hydrogen-bond donors (Lipinski definition) is 1. The van der Waals surface area contributed by atoms with Gasteiger partial charge in [0.25, 0.3) is 0 Å². The molecule has 19 heavy (non-hydrogen) atoms. The first-order valence-corrected chi connectivity index (χ1v) is 6.54. The predicted octanol–water partition coefficient (Wildman–Crippen LogP) is 2.83. The first kappa shape index (κ1) is 10.9. The Labute approximate surface area is 112 Å². The van der Waals surface area contributed by atoms with Gasteiger partial charge >= 0.3 is 6.29 Å². The Morgan fingerprint density at radius 1 is 0.895 bits per heavy atom. The van der Waals surface area contributed by atoms with Crippen molar-refractivity contribution in [2.45, 2.75) is 12.5 Å². The summed E-state index contributed by atoms with van der Waals surface area (Å²) in [6, 6.07) is 16.2. The molecule has 0 spiro atoms. The Hall–Kier alpha value is -2.00. The molecule has 2 aromatic rings. The quantitative estimate of drug-likeness (QED) is 0.846. The van der Waals surface area contributed by atoms with Gasteiger partial charge in [-0.1, -0.05) is 36.4 Å². The number of hydrogen-bond acceptors (Lipinski definition) is 3. The largest absolute Gasteiger partial charge is 0.440 e. The third kappa shape index (κ3) is 1.78. The summed E-state index contributed by atoms with van der Waals surface area (Å²) in [6.45, 7) is 0.939. The van der Waals surface area contributed by atoms with Crippen molar-refractivity contribution in [2.75, 3.05) is 6.54 Å². The van der Waals surface area contributed by atoms with Crippen molar-refractivity contribution in [3.63, 3.8) is 0 Å². The average molecular weight is 252 g/mol. The van der Waals surface area contributed by atoms with Gasteiger partial charge in [0.05, 0.1) is 0 Å². The topological polar surface area (TPSA) is 30.5 Å². The number of benzene rings is 2. The fourth-order valence-electron chi connectivity index (χ4n) is 2.69. The van der Waals surface area contributed by atoms with Gasteiger partial charge in [-0.2, -0.15) is 0 Å². The van der Waals surface area contributed by atoms with Gasteiger partial charge in [0, 0.05) is 6.54 Å². The summed E-state index contributed by atoms with van der Waals surface area (Å²) in [7, 11) is 0. The van der Waals surface area contributed by atoms with Crippen LogP contribution in [0.2, 0.25) is 0 Å². The Bertz CT molecular complexity index is 586. The molecule has 1 unspecified atom stereocenters. The molecule has 0 aliphatic carbocycles. The molecule has 3 heteroatoms. The standard InChI is InChI=1S/C16H14NO2/c1-2-6-12-11(5-1)9-10-17-15(12)16-18-13-7-3-4-8-14(13)19-16/h1-8,15,17H,9-10H2. The first-order valence-electron chi connectivity index (χ1n) is 6.54. The maximum absolute atomic E-state index is 5.84. The summed E-state index contributed by atoms with van der Waals surface area (Å²) in [4.78, 5) is 0. The Morgan fingerprint density at radius 2 is 1.58 bits per heavy atom. The predicted molar refractivity (Wildman–Crippen MR) is 71.8 cm³/mol. The molecule has 3 nitrogen and oxygen atoms in total. The normalized spacial score (nSPS) is 21.2. The molecule has 0 saturated carbocycles. The van der Waals surface area contributed by atoms with Crippen LogP contribution in [0.25, 0.3) is 0 Å². The molecule has 2 heterocycles.